The monoisotopic (exact) mass is 274 g/mol. The number of nitrogens with zero attached hydrogens (tertiary/aromatic N) is 3. The average molecular weight is 274 g/mol. The molecule has 2 aromatic rings. The van der Waals surface area contributed by atoms with Crippen LogP contribution in [0.3, 0.4) is 0 Å². The predicted octanol–water partition coefficient (Wildman–Crippen LogP) is 2.24. The fourth-order valence-electron chi connectivity index (χ4n) is 1.94. The van der Waals surface area contributed by atoms with Crippen LogP contribution >= 0.6 is 0 Å². The summed E-state index contributed by atoms with van der Waals surface area (Å²) in [6.45, 7) is 7.60. The minimum absolute atomic E-state index is 0.0102. The Hall–Kier alpha value is -2.37. The number of amides is 1. The van der Waals surface area contributed by atoms with Crippen LogP contribution in [0.5, 0.6) is 5.75 Å². The van der Waals surface area contributed by atoms with Crippen molar-refractivity contribution in [1.29, 1.82) is 0 Å². The zero-order chi connectivity index (χ0) is 14.7. The van der Waals surface area contributed by atoms with E-state index >= 15 is 0 Å². The van der Waals surface area contributed by atoms with Crippen LogP contribution in [-0.4, -0.2) is 27.3 Å². The molecule has 1 aromatic carbocycles. The number of nitrogens with one attached hydrogen (secondary N) is 1. The van der Waals surface area contributed by atoms with Crippen molar-refractivity contribution in [1.82, 2.24) is 14.8 Å². The maximum absolute atomic E-state index is 10.6. The Labute approximate surface area is 117 Å². The summed E-state index contributed by atoms with van der Waals surface area (Å²) in [5.41, 5.74) is 1.47. The number of aromatic nitrogens is 3. The predicted molar refractivity (Wildman–Crippen MR) is 76.3 cm³/mol. The lowest BCUT2D eigenvalue weighted by Crippen LogP contribution is -2.09. The van der Waals surface area contributed by atoms with Crippen molar-refractivity contribution in [3.05, 3.63) is 29.8 Å². The number of carbonyl (C=O) groups is 1. The normalized spacial score (nSPS) is 10.7. The first-order valence-corrected chi connectivity index (χ1v) is 6.42. The molecule has 0 fully saturated rings. The van der Waals surface area contributed by atoms with Gasteiger partial charge in [0.15, 0.2) is 0 Å². The molecule has 1 amide bonds. The molecule has 0 spiro atoms. The molecule has 0 aliphatic rings. The van der Waals surface area contributed by atoms with Gasteiger partial charge in [0.2, 0.25) is 6.41 Å². The quantitative estimate of drug-likeness (QED) is 0.849. The van der Waals surface area contributed by atoms with Crippen LogP contribution < -0.4 is 10.1 Å². The molecule has 1 N–H and O–H groups in total. The Morgan fingerprint density at radius 2 is 2.10 bits per heavy atom. The van der Waals surface area contributed by atoms with Gasteiger partial charge in [-0.3, -0.25) is 4.79 Å². The van der Waals surface area contributed by atoms with E-state index in [2.05, 4.69) is 15.4 Å². The van der Waals surface area contributed by atoms with E-state index < -0.39 is 0 Å². The van der Waals surface area contributed by atoms with Gasteiger partial charge in [-0.1, -0.05) is 0 Å². The molecule has 106 valence electrons. The van der Waals surface area contributed by atoms with Crippen molar-refractivity contribution < 1.29 is 9.53 Å². The van der Waals surface area contributed by atoms with E-state index in [0.29, 0.717) is 23.7 Å². The van der Waals surface area contributed by atoms with Gasteiger partial charge in [0.1, 0.15) is 17.4 Å². The summed E-state index contributed by atoms with van der Waals surface area (Å²) in [6, 6.07) is 5.49. The molecule has 1 heterocycles. The van der Waals surface area contributed by atoms with E-state index in [-0.39, 0.29) is 6.10 Å². The molecule has 0 atom stereocenters. The van der Waals surface area contributed by atoms with Crippen LogP contribution in [0.15, 0.2) is 18.2 Å². The molecular formula is C14H18N4O2. The molecule has 20 heavy (non-hydrogen) atoms. The molecule has 0 saturated heterocycles. The molecule has 6 heteroatoms. The number of carbonyl (C=O) groups excluding carboxylic acids is 1. The van der Waals surface area contributed by atoms with Gasteiger partial charge in [-0.2, -0.15) is 5.10 Å². The van der Waals surface area contributed by atoms with Crippen LogP contribution in [0.1, 0.15) is 25.5 Å². The SMILES string of the molecule is Cc1nc(C)n(-c2ccc(NC=O)c(OC(C)C)c2)n1. The standard InChI is InChI=1S/C14H18N4O2/c1-9(2)20-14-7-12(5-6-13(14)15-8-19)18-11(4)16-10(3)17-18/h5-9H,1-4H3,(H,15,19). The largest absolute Gasteiger partial charge is 0.489 e. The Kier molecular flexibility index (Phi) is 4.02. The van der Waals surface area contributed by atoms with E-state index in [1.165, 1.54) is 0 Å². The molecule has 0 radical (unpaired) electrons. The Balaban J connectivity index is 2.45. The fraction of sp³-hybridized carbons (Fsp3) is 0.357. The third kappa shape index (κ3) is 2.96. The molecule has 0 aliphatic carbocycles. The van der Waals surface area contributed by atoms with Gasteiger partial charge in [0.05, 0.1) is 17.5 Å². The number of ether oxygens (including phenoxy) is 1. The molecular weight excluding hydrogens is 256 g/mol. The number of anilines is 1. The second-order valence-electron chi connectivity index (χ2n) is 4.73. The zero-order valence-electron chi connectivity index (χ0n) is 12.0. The second-order valence-corrected chi connectivity index (χ2v) is 4.73. The minimum atomic E-state index is 0.0102. The molecule has 0 aliphatic heterocycles. The van der Waals surface area contributed by atoms with Crippen LogP contribution in [-0.2, 0) is 4.79 Å². The van der Waals surface area contributed by atoms with Crippen LogP contribution in [0, 0.1) is 13.8 Å². The second kappa shape index (κ2) is 5.73. The molecule has 0 saturated carbocycles. The van der Waals surface area contributed by atoms with Crippen LogP contribution in [0.2, 0.25) is 0 Å². The van der Waals surface area contributed by atoms with Gasteiger partial charge in [-0.15, -0.1) is 0 Å². The number of rotatable bonds is 5. The maximum Gasteiger partial charge on any atom is 0.211 e. The first-order chi connectivity index (χ1) is 9.51. The van der Waals surface area contributed by atoms with Crippen molar-refractivity contribution in [2.45, 2.75) is 33.8 Å². The van der Waals surface area contributed by atoms with Crippen LogP contribution in [0.4, 0.5) is 5.69 Å². The molecule has 0 bridgehead atoms. The number of hydrogen-bond acceptors (Lipinski definition) is 4. The topological polar surface area (TPSA) is 69.0 Å². The Morgan fingerprint density at radius 3 is 2.65 bits per heavy atom. The summed E-state index contributed by atoms with van der Waals surface area (Å²) < 4.78 is 7.47. The lowest BCUT2D eigenvalue weighted by atomic mass is 10.2. The number of hydrogen-bond donors (Lipinski definition) is 1. The zero-order valence-corrected chi connectivity index (χ0v) is 12.0. The van der Waals surface area contributed by atoms with Gasteiger partial charge in [-0.05, 0) is 39.8 Å². The first-order valence-electron chi connectivity index (χ1n) is 6.42. The summed E-state index contributed by atoms with van der Waals surface area (Å²) in [4.78, 5) is 14.9. The highest BCUT2D eigenvalue weighted by atomic mass is 16.5. The van der Waals surface area contributed by atoms with Gasteiger partial charge >= 0.3 is 0 Å². The highest BCUT2D eigenvalue weighted by molar-refractivity contribution is 5.76. The molecule has 0 unspecified atom stereocenters. The van der Waals surface area contributed by atoms with Gasteiger partial charge in [0.25, 0.3) is 0 Å². The smallest absolute Gasteiger partial charge is 0.211 e. The van der Waals surface area contributed by atoms with Gasteiger partial charge in [0, 0.05) is 6.07 Å². The minimum Gasteiger partial charge on any atom is -0.489 e. The summed E-state index contributed by atoms with van der Waals surface area (Å²) in [5.74, 6) is 2.12. The molecule has 2 rings (SSSR count). The molecule has 6 nitrogen and oxygen atoms in total. The third-order valence-corrected chi connectivity index (χ3v) is 2.66. The van der Waals surface area contributed by atoms with Crippen molar-refractivity contribution in [2.75, 3.05) is 5.32 Å². The molecule has 1 aromatic heterocycles. The van der Waals surface area contributed by atoms with Crippen molar-refractivity contribution >= 4 is 12.1 Å². The van der Waals surface area contributed by atoms with Gasteiger partial charge < -0.3 is 10.1 Å². The van der Waals surface area contributed by atoms with E-state index in [1.807, 2.05) is 39.8 Å². The highest BCUT2D eigenvalue weighted by Gasteiger charge is 2.11. The summed E-state index contributed by atoms with van der Waals surface area (Å²) in [6.07, 6.45) is 0.642. The summed E-state index contributed by atoms with van der Waals surface area (Å²) >= 11 is 0. The Bertz CT molecular complexity index is 620. The van der Waals surface area contributed by atoms with Gasteiger partial charge in [-0.25, -0.2) is 9.67 Å². The lowest BCUT2D eigenvalue weighted by Gasteiger charge is -2.15. The van der Waals surface area contributed by atoms with Crippen molar-refractivity contribution in [2.24, 2.45) is 0 Å². The van der Waals surface area contributed by atoms with Crippen molar-refractivity contribution in [3.63, 3.8) is 0 Å². The van der Waals surface area contributed by atoms with E-state index in [1.54, 1.807) is 10.7 Å². The number of benzene rings is 1. The number of aryl methyl sites for hydroxylation is 2. The first kappa shape index (κ1) is 14.0. The average Bonchev–Trinajstić information content (AvgIpc) is 2.70. The van der Waals surface area contributed by atoms with E-state index in [4.69, 9.17) is 4.74 Å². The lowest BCUT2D eigenvalue weighted by molar-refractivity contribution is -0.105. The summed E-state index contributed by atoms with van der Waals surface area (Å²) in [7, 11) is 0. The van der Waals surface area contributed by atoms with E-state index in [9.17, 15) is 4.79 Å². The van der Waals surface area contributed by atoms with Crippen molar-refractivity contribution in [3.8, 4) is 11.4 Å². The summed E-state index contributed by atoms with van der Waals surface area (Å²) in [5, 5.41) is 6.97. The Morgan fingerprint density at radius 1 is 1.35 bits per heavy atom. The maximum atomic E-state index is 10.6. The third-order valence-electron chi connectivity index (χ3n) is 2.66. The fourth-order valence-corrected chi connectivity index (χ4v) is 1.94. The van der Waals surface area contributed by atoms with E-state index in [0.717, 1.165) is 11.5 Å². The highest BCUT2D eigenvalue weighted by Crippen LogP contribution is 2.28. The van der Waals surface area contributed by atoms with Crippen LogP contribution in [0.25, 0.3) is 5.69 Å².